The third-order valence-electron chi connectivity index (χ3n) is 2.52. The predicted molar refractivity (Wildman–Crippen MR) is 72.6 cm³/mol. The topological polar surface area (TPSA) is 93.4 Å². The van der Waals surface area contributed by atoms with Gasteiger partial charge < -0.3 is 15.0 Å². The minimum absolute atomic E-state index is 0.102. The highest BCUT2D eigenvalue weighted by Gasteiger charge is 2.24. The van der Waals surface area contributed by atoms with E-state index in [0.29, 0.717) is 19.7 Å². The van der Waals surface area contributed by atoms with Crippen LogP contribution in [0.3, 0.4) is 0 Å². The first-order valence-corrected chi connectivity index (χ1v) is 6.05. The Hall–Kier alpha value is -1.96. The summed E-state index contributed by atoms with van der Waals surface area (Å²) in [6.45, 7) is 3.58. The van der Waals surface area contributed by atoms with Crippen LogP contribution in [0.4, 0.5) is 17.3 Å². The van der Waals surface area contributed by atoms with Gasteiger partial charge in [0.1, 0.15) is 6.33 Å². The van der Waals surface area contributed by atoms with Crippen molar-refractivity contribution in [1.82, 2.24) is 9.97 Å². The van der Waals surface area contributed by atoms with Crippen LogP contribution in [0.5, 0.6) is 0 Å². The third kappa shape index (κ3) is 4.02. The first-order chi connectivity index (χ1) is 9.11. The van der Waals surface area contributed by atoms with Crippen molar-refractivity contribution >= 4 is 17.3 Å². The molecule has 1 N–H and O–H groups in total. The average molecular weight is 269 g/mol. The highest BCUT2D eigenvalue weighted by Crippen LogP contribution is 2.30. The largest absolute Gasteiger partial charge is 0.383 e. The smallest absolute Gasteiger partial charge is 0.353 e. The van der Waals surface area contributed by atoms with E-state index in [1.165, 1.54) is 6.33 Å². The van der Waals surface area contributed by atoms with Gasteiger partial charge in [-0.2, -0.15) is 0 Å². The van der Waals surface area contributed by atoms with Crippen molar-refractivity contribution in [2.75, 3.05) is 44.1 Å². The molecule has 1 heterocycles. The zero-order valence-corrected chi connectivity index (χ0v) is 11.4. The van der Waals surface area contributed by atoms with Crippen molar-refractivity contribution in [2.24, 2.45) is 0 Å². The molecule has 0 atom stereocenters. The molecule has 0 aliphatic rings. The zero-order valence-electron chi connectivity index (χ0n) is 11.4. The highest BCUT2D eigenvalue weighted by atomic mass is 16.6. The number of rotatable bonds is 8. The number of nitrogens with zero attached hydrogens (tertiary/aromatic N) is 4. The Morgan fingerprint density at radius 1 is 1.53 bits per heavy atom. The Labute approximate surface area is 112 Å². The van der Waals surface area contributed by atoms with Crippen LogP contribution >= 0.6 is 0 Å². The summed E-state index contributed by atoms with van der Waals surface area (Å²) in [5.74, 6) is 0.539. The fourth-order valence-electron chi connectivity index (χ4n) is 1.52. The molecular formula is C11H19N5O3. The van der Waals surface area contributed by atoms with Crippen molar-refractivity contribution in [3.63, 3.8) is 0 Å². The van der Waals surface area contributed by atoms with E-state index in [-0.39, 0.29) is 17.3 Å². The van der Waals surface area contributed by atoms with Gasteiger partial charge in [-0.3, -0.25) is 10.1 Å². The molecule has 0 bridgehead atoms. The molecule has 0 aromatic carbocycles. The molecule has 0 aliphatic carbocycles. The molecule has 0 amide bonds. The van der Waals surface area contributed by atoms with Crippen LogP contribution in [-0.2, 0) is 4.74 Å². The lowest BCUT2D eigenvalue weighted by atomic mass is 10.3. The molecule has 0 unspecified atom stereocenters. The van der Waals surface area contributed by atoms with E-state index in [4.69, 9.17) is 4.74 Å². The summed E-state index contributed by atoms with van der Waals surface area (Å²) in [7, 11) is 3.31. The summed E-state index contributed by atoms with van der Waals surface area (Å²) in [6.07, 6.45) is 2.18. The maximum absolute atomic E-state index is 11.2. The fourth-order valence-corrected chi connectivity index (χ4v) is 1.52. The number of nitro groups is 1. The number of anilines is 2. The predicted octanol–water partition coefficient (Wildman–Crippen LogP) is 1.29. The second-order valence-corrected chi connectivity index (χ2v) is 3.99. The van der Waals surface area contributed by atoms with Gasteiger partial charge in [-0.1, -0.05) is 6.92 Å². The lowest BCUT2D eigenvalue weighted by Crippen LogP contribution is -2.24. The van der Waals surface area contributed by atoms with Crippen LogP contribution in [-0.4, -0.2) is 48.7 Å². The van der Waals surface area contributed by atoms with Crippen LogP contribution in [0.2, 0.25) is 0 Å². The van der Waals surface area contributed by atoms with Crippen molar-refractivity contribution in [1.29, 1.82) is 0 Å². The first kappa shape index (κ1) is 15.1. The molecule has 0 fully saturated rings. The van der Waals surface area contributed by atoms with E-state index in [1.54, 1.807) is 19.1 Å². The van der Waals surface area contributed by atoms with Gasteiger partial charge in [-0.25, -0.2) is 9.97 Å². The van der Waals surface area contributed by atoms with Gasteiger partial charge in [-0.05, 0) is 6.42 Å². The van der Waals surface area contributed by atoms with Crippen LogP contribution in [0.1, 0.15) is 13.3 Å². The normalized spacial score (nSPS) is 10.3. The summed E-state index contributed by atoms with van der Waals surface area (Å²) in [4.78, 5) is 20.4. The van der Waals surface area contributed by atoms with Gasteiger partial charge in [-0.15, -0.1) is 0 Å². The summed E-state index contributed by atoms with van der Waals surface area (Å²) < 4.78 is 4.96. The third-order valence-corrected chi connectivity index (χ3v) is 2.52. The van der Waals surface area contributed by atoms with Crippen LogP contribution < -0.4 is 10.2 Å². The van der Waals surface area contributed by atoms with Crippen molar-refractivity contribution in [2.45, 2.75) is 13.3 Å². The molecular weight excluding hydrogens is 250 g/mol. The Balaban J connectivity index is 3.05. The van der Waals surface area contributed by atoms with Crippen LogP contribution in [0, 0.1) is 10.1 Å². The van der Waals surface area contributed by atoms with Gasteiger partial charge in [0, 0.05) is 27.2 Å². The molecule has 8 heteroatoms. The fraction of sp³-hybridized carbons (Fsp3) is 0.636. The lowest BCUT2D eigenvalue weighted by Gasteiger charge is -2.18. The molecule has 0 spiro atoms. The van der Waals surface area contributed by atoms with E-state index in [2.05, 4.69) is 15.3 Å². The summed E-state index contributed by atoms with van der Waals surface area (Å²) >= 11 is 0. The standard InChI is InChI=1S/C11H19N5O3/c1-4-5-12-10-9(16(17)18)11(14-8-13-10)15(2)6-7-19-3/h8H,4-7H2,1-3H3,(H,12,13,14). The van der Waals surface area contributed by atoms with E-state index in [9.17, 15) is 10.1 Å². The number of hydrogen-bond donors (Lipinski definition) is 1. The van der Waals surface area contributed by atoms with Crippen molar-refractivity contribution in [3.05, 3.63) is 16.4 Å². The number of methoxy groups -OCH3 is 1. The minimum Gasteiger partial charge on any atom is -0.383 e. The zero-order chi connectivity index (χ0) is 14.3. The summed E-state index contributed by atoms with van der Waals surface area (Å²) in [5, 5.41) is 14.2. The minimum atomic E-state index is -0.462. The van der Waals surface area contributed by atoms with Gasteiger partial charge in [0.15, 0.2) is 0 Å². The van der Waals surface area contributed by atoms with E-state index >= 15 is 0 Å². The molecule has 1 aromatic heterocycles. The van der Waals surface area contributed by atoms with Crippen LogP contribution in [0.25, 0.3) is 0 Å². The Kier molecular flexibility index (Phi) is 5.94. The molecule has 19 heavy (non-hydrogen) atoms. The molecule has 0 radical (unpaired) electrons. The number of likely N-dealkylation sites (N-methyl/N-ethyl adjacent to an activating group) is 1. The van der Waals surface area contributed by atoms with Crippen LogP contribution in [0.15, 0.2) is 6.33 Å². The van der Waals surface area contributed by atoms with E-state index < -0.39 is 4.92 Å². The van der Waals surface area contributed by atoms with Gasteiger partial charge in [0.25, 0.3) is 0 Å². The SMILES string of the molecule is CCCNc1ncnc(N(C)CCOC)c1[N+](=O)[O-]. The number of nitrogens with one attached hydrogen (secondary N) is 1. The average Bonchev–Trinajstić information content (AvgIpc) is 2.41. The monoisotopic (exact) mass is 269 g/mol. The Bertz CT molecular complexity index is 427. The molecule has 8 nitrogen and oxygen atoms in total. The first-order valence-electron chi connectivity index (χ1n) is 6.05. The molecule has 0 saturated carbocycles. The molecule has 1 aromatic rings. The second-order valence-electron chi connectivity index (χ2n) is 3.99. The van der Waals surface area contributed by atoms with Crippen molar-refractivity contribution in [3.8, 4) is 0 Å². The maximum atomic E-state index is 11.2. The van der Waals surface area contributed by atoms with Gasteiger partial charge >= 0.3 is 5.69 Å². The van der Waals surface area contributed by atoms with Gasteiger partial charge in [0.05, 0.1) is 11.5 Å². The van der Waals surface area contributed by atoms with Crippen molar-refractivity contribution < 1.29 is 9.66 Å². The van der Waals surface area contributed by atoms with E-state index in [1.807, 2.05) is 6.92 Å². The quantitative estimate of drug-likeness (QED) is 0.561. The Morgan fingerprint density at radius 2 is 2.26 bits per heavy atom. The highest BCUT2D eigenvalue weighted by molar-refractivity contribution is 5.70. The molecule has 106 valence electrons. The molecule has 0 saturated heterocycles. The Morgan fingerprint density at radius 3 is 2.84 bits per heavy atom. The molecule has 1 rings (SSSR count). The number of aromatic nitrogens is 2. The second kappa shape index (κ2) is 7.47. The van der Waals surface area contributed by atoms with Gasteiger partial charge in [0.2, 0.25) is 11.6 Å². The lowest BCUT2D eigenvalue weighted by molar-refractivity contribution is -0.383. The number of hydrogen-bond acceptors (Lipinski definition) is 7. The van der Waals surface area contributed by atoms with E-state index in [0.717, 1.165) is 6.42 Å². The number of ether oxygens (including phenoxy) is 1. The molecule has 0 aliphatic heterocycles. The summed E-state index contributed by atoms with van der Waals surface area (Å²) in [6, 6.07) is 0. The maximum Gasteiger partial charge on any atom is 0.353 e. The summed E-state index contributed by atoms with van der Waals surface area (Å²) in [5.41, 5.74) is -0.102.